The zero-order valence-electron chi connectivity index (χ0n) is 10.6. The van der Waals surface area contributed by atoms with E-state index in [4.69, 9.17) is 14.7 Å². The molecule has 0 saturated carbocycles. The van der Waals surface area contributed by atoms with Crippen molar-refractivity contribution in [2.75, 3.05) is 14.2 Å². The van der Waals surface area contributed by atoms with E-state index >= 15 is 0 Å². The Morgan fingerprint density at radius 1 is 1.32 bits per heavy atom. The van der Waals surface area contributed by atoms with Gasteiger partial charge in [-0.05, 0) is 6.92 Å². The summed E-state index contributed by atoms with van der Waals surface area (Å²) < 4.78 is 49.3. The number of nitriles is 1. The van der Waals surface area contributed by atoms with Gasteiger partial charge in [-0.3, -0.25) is 0 Å². The fourth-order valence-corrected chi connectivity index (χ4v) is 2.59. The van der Waals surface area contributed by atoms with Crippen LogP contribution in [0.1, 0.15) is 6.92 Å². The molecule has 1 atom stereocenters. The lowest BCUT2D eigenvalue weighted by Crippen LogP contribution is -2.32. The van der Waals surface area contributed by atoms with Crippen LogP contribution >= 0.6 is 0 Å². The van der Waals surface area contributed by atoms with Crippen LogP contribution in [0.4, 0.5) is 4.39 Å². The fraction of sp³-hybridized carbons (Fsp3) is 0.364. The van der Waals surface area contributed by atoms with Crippen molar-refractivity contribution < 1.29 is 22.3 Å². The van der Waals surface area contributed by atoms with Crippen molar-refractivity contribution in [1.82, 2.24) is 4.72 Å². The van der Waals surface area contributed by atoms with Crippen LogP contribution in [0.3, 0.4) is 0 Å². The summed E-state index contributed by atoms with van der Waals surface area (Å²) in [4.78, 5) is -0.604. The van der Waals surface area contributed by atoms with E-state index in [1.807, 2.05) is 4.72 Å². The van der Waals surface area contributed by atoms with E-state index in [2.05, 4.69) is 0 Å². The summed E-state index contributed by atoms with van der Waals surface area (Å²) in [5.41, 5.74) is 0. The summed E-state index contributed by atoms with van der Waals surface area (Å²) in [6, 6.07) is 2.63. The number of nitrogens with one attached hydrogen (secondary N) is 1. The van der Waals surface area contributed by atoms with Crippen LogP contribution in [-0.4, -0.2) is 28.7 Å². The zero-order valence-corrected chi connectivity index (χ0v) is 11.4. The molecule has 104 valence electrons. The Morgan fingerprint density at radius 2 is 1.84 bits per heavy atom. The lowest BCUT2D eigenvalue weighted by Gasteiger charge is -2.12. The Labute approximate surface area is 110 Å². The van der Waals surface area contributed by atoms with Crippen LogP contribution in [0.15, 0.2) is 17.0 Å². The van der Waals surface area contributed by atoms with Gasteiger partial charge < -0.3 is 9.47 Å². The Bertz CT molecular complexity index is 610. The number of benzene rings is 1. The van der Waals surface area contributed by atoms with Crippen molar-refractivity contribution in [3.8, 4) is 17.6 Å². The minimum atomic E-state index is -4.14. The first-order valence-corrected chi connectivity index (χ1v) is 6.67. The summed E-state index contributed by atoms with van der Waals surface area (Å²) in [6.45, 7) is 1.34. The first-order valence-electron chi connectivity index (χ1n) is 5.19. The van der Waals surface area contributed by atoms with E-state index in [0.717, 1.165) is 12.1 Å². The van der Waals surface area contributed by atoms with E-state index in [1.54, 1.807) is 6.07 Å². The quantitative estimate of drug-likeness (QED) is 0.874. The van der Waals surface area contributed by atoms with Crippen molar-refractivity contribution in [3.63, 3.8) is 0 Å². The number of hydrogen-bond donors (Lipinski definition) is 1. The predicted molar refractivity (Wildman–Crippen MR) is 64.9 cm³/mol. The van der Waals surface area contributed by atoms with Gasteiger partial charge in [0.1, 0.15) is 16.8 Å². The normalized spacial score (nSPS) is 12.6. The number of halogens is 1. The van der Waals surface area contributed by atoms with Crippen molar-refractivity contribution in [2.24, 2.45) is 0 Å². The minimum absolute atomic E-state index is 0.0762. The Hall–Kier alpha value is -1.85. The lowest BCUT2D eigenvalue weighted by molar-refractivity contribution is 0.350. The molecule has 8 heteroatoms. The second kappa shape index (κ2) is 5.86. The summed E-state index contributed by atoms with van der Waals surface area (Å²) >= 11 is 0. The van der Waals surface area contributed by atoms with Crippen LogP contribution in [0.5, 0.6) is 11.5 Å². The van der Waals surface area contributed by atoms with Gasteiger partial charge in [-0.25, -0.2) is 12.8 Å². The van der Waals surface area contributed by atoms with Gasteiger partial charge >= 0.3 is 0 Å². The molecule has 0 saturated heterocycles. The first-order chi connectivity index (χ1) is 8.85. The van der Waals surface area contributed by atoms with E-state index in [1.165, 1.54) is 21.1 Å². The highest BCUT2D eigenvalue weighted by Gasteiger charge is 2.24. The fourth-order valence-electron chi connectivity index (χ4n) is 1.36. The SMILES string of the molecule is COc1cc(F)c(S(=O)(=O)NC(C)C#N)cc1OC. The van der Waals surface area contributed by atoms with Crippen molar-refractivity contribution >= 4 is 10.0 Å². The van der Waals surface area contributed by atoms with Crippen LogP contribution in [-0.2, 0) is 10.0 Å². The number of nitrogens with zero attached hydrogens (tertiary/aromatic N) is 1. The molecule has 1 rings (SSSR count). The zero-order chi connectivity index (χ0) is 14.6. The highest BCUT2D eigenvalue weighted by Crippen LogP contribution is 2.31. The highest BCUT2D eigenvalue weighted by atomic mass is 32.2. The predicted octanol–water partition coefficient (Wildman–Crippen LogP) is 1.03. The van der Waals surface area contributed by atoms with E-state index < -0.39 is 26.8 Å². The van der Waals surface area contributed by atoms with Gasteiger partial charge in [0, 0.05) is 12.1 Å². The monoisotopic (exact) mass is 288 g/mol. The molecule has 0 aliphatic carbocycles. The summed E-state index contributed by atoms with van der Waals surface area (Å²) in [6.07, 6.45) is 0. The first kappa shape index (κ1) is 15.2. The number of ether oxygens (including phenoxy) is 2. The third-order valence-corrected chi connectivity index (χ3v) is 3.81. The number of rotatable bonds is 5. The highest BCUT2D eigenvalue weighted by molar-refractivity contribution is 7.89. The third kappa shape index (κ3) is 3.33. The van der Waals surface area contributed by atoms with Crippen LogP contribution < -0.4 is 14.2 Å². The molecular formula is C11H13FN2O4S. The third-order valence-electron chi connectivity index (χ3n) is 2.25. The molecule has 1 N–H and O–H groups in total. The number of hydrogen-bond acceptors (Lipinski definition) is 5. The lowest BCUT2D eigenvalue weighted by atomic mass is 10.3. The van der Waals surface area contributed by atoms with Gasteiger partial charge in [-0.15, -0.1) is 0 Å². The van der Waals surface area contributed by atoms with Crippen molar-refractivity contribution in [1.29, 1.82) is 5.26 Å². The van der Waals surface area contributed by atoms with E-state index in [-0.39, 0.29) is 11.5 Å². The van der Waals surface area contributed by atoms with E-state index in [0.29, 0.717) is 0 Å². The molecule has 0 aromatic heterocycles. The summed E-state index contributed by atoms with van der Waals surface area (Å²) in [5.74, 6) is -0.837. The van der Waals surface area contributed by atoms with Gasteiger partial charge in [0.2, 0.25) is 10.0 Å². The molecule has 0 amide bonds. The standard InChI is InChI=1S/C11H13FN2O4S/c1-7(6-13)14-19(15,16)11-5-10(18-3)9(17-2)4-8(11)12/h4-5,7,14H,1-3H3. The topological polar surface area (TPSA) is 88.4 Å². The molecule has 0 radical (unpaired) electrons. The second-order valence-electron chi connectivity index (χ2n) is 3.61. The molecule has 0 bridgehead atoms. The molecule has 0 aliphatic rings. The minimum Gasteiger partial charge on any atom is -0.493 e. The van der Waals surface area contributed by atoms with Crippen LogP contribution in [0, 0.1) is 17.1 Å². The van der Waals surface area contributed by atoms with Gasteiger partial charge in [0.25, 0.3) is 0 Å². The van der Waals surface area contributed by atoms with Crippen molar-refractivity contribution in [2.45, 2.75) is 17.9 Å². The molecule has 6 nitrogen and oxygen atoms in total. The Kier molecular flexibility index (Phi) is 4.69. The van der Waals surface area contributed by atoms with Gasteiger partial charge in [-0.1, -0.05) is 0 Å². The largest absolute Gasteiger partial charge is 0.493 e. The Balaban J connectivity index is 3.32. The molecule has 1 unspecified atom stereocenters. The molecule has 0 spiro atoms. The number of sulfonamides is 1. The maximum atomic E-state index is 13.8. The summed E-state index contributed by atoms with van der Waals surface area (Å²) in [7, 11) is -1.53. The van der Waals surface area contributed by atoms with Gasteiger partial charge in [0.15, 0.2) is 11.5 Å². The molecule has 0 aliphatic heterocycles. The maximum absolute atomic E-state index is 13.8. The van der Waals surface area contributed by atoms with Gasteiger partial charge in [0.05, 0.1) is 20.3 Å². The molecule has 0 heterocycles. The molecule has 19 heavy (non-hydrogen) atoms. The molecular weight excluding hydrogens is 275 g/mol. The smallest absolute Gasteiger partial charge is 0.244 e. The number of methoxy groups -OCH3 is 2. The maximum Gasteiger partial charge on any atom is 0.244 e. The summed E-state index contributed by atoms with van der Waals surface area (Å²) in [5, 5.41) is 8.58. The van der Waals surface area contributed by atoms with Crippen molar-refractivity contribution in [3.05, 3.63) is 17.9 Å². The second-order valence-corrected chi connectivity index (χ2v) is 5.29. The molecule has 1 aromatic rings. The Morgan fingerprint density at radius 3 is 2.32 bits per heavy atom. The molecule has 1 aromatic carbocycles. The molecule has 0 fully saturated rings. The average molecular weight is 288 g/mol. The van der Waals surface area contributed by atoms with E-state index in [9.17, 15) is 12.8 Å². The van der Waals surface area contributed by atoms with Crippen LogP contribution in [0.25, 0.3) is 0 Å². The average Bonchev–Trinajstić information content (AvgIpc) is 2.37. The van der Waals surface area contributed by atoms with Gasteiger partial charge in [-0.2, -0.15) is 9.98 Å². The van der Waals surface area contributed by atoms with Crippen LogP contribution in [0.2, 0.25) is 0 Å².